The molecular weight excluding hydrogens is 264 g/mol. The average molecular weight is 283 g/mol. The number of anilines is 1. The van der Waals surface area contributed by atoms with Crippen molar-refractivity contribution < 1.29 is 9.90 Å². The second-order valence-electron chi connectivity index (χ2n) is 4.77. The van der Waals surface area contributed by atoms with Crippen LogP contribution in [0.2, 0.25) is 5.02 Å². The Kier molecular flexibility index (Phi) is 4.66. The van der Waals surface area contributed by atoms with Crippen LogP contribution in [0.4, 0.5) is 5.69 Å². The van der Waals surface area contributed by atoms with Gasteiger partial charge in [0.1, 0.15) is 0 Å². The molecule has 19 heavy (non-hydrogen) atoms. The Morgan fingerprint density at radius 3 is 2.74 bits per heavy atom. The van der Waals surface area contributed by atoms with Crippen molar-refractivity contribution in [3.8, 4) is 0 Å². The van der Waals surface area contributed by atoms with E-state index in [0.29, 0.717) is 5.02 Å². The Balaban J connectivity index is 2.10. The molecule has 1 fully saturated rings. The number of amides is 1. The molecule has 0 bridgehead atoms. The zero-order valence-electron chi connectivity index (χ0n) is 11.0. The highest BCUT2D eigenvalue weighted by Crippen LogP contribution is 2.30. The van der Waals surface area contributed by atoms with Gasteiger partial charge >= 0.3 is 0 Å². The van der Waals surface area contributed by atoms with Gasteiger partial charge in [0.05, 0.1) is 6.61 Å². The predicted molar refractivity (Wildman–Crippen MR) is 76.4 cm³/mol. The van der Waals surface area contributed by atoms with Gasteiger partial charge in [0.25, 0.3) is 0 Å². The van der Waals surface area contributed by atoms with Gasteiger partial charge < -0.3 is 15.3 Å². The Bertz CT molecular complexity index is 457. The number of aliphatic hydroxyl groups is 1. The topological polar surface area (TPSA) is 52.6 Å². The van der Waals surface area contributed by atoms with Crippen molar-refractivity contribution in [3.05, 3.63) is 28.8 Å². The molecule has 4 nitrogen and oxygen atoms in total. The van der Waals surface area contributed by atoms with Crippen LogP contribution in [-0.2, 0) is 11.4 Å². The summed E-state index contributed by atoms with van der Waals surface area (Å²) in [7, 11) is 1.68. The van der Waals surface area contributed by atoms with Crippen molar-refractivity contribution in [2.45, 2.75) is 19.4 Å². The molecule has 0 spiro atoms. The van der Waals surface area contributed by atoms with Gasteiger partial charge in [-0.2, -0.15) is 0 Å². The summed E-state index contributed by atoms with van der Waals surface area (Å²) >= 11 is 6.10. The van der Waals surface area contributed by atoms with Crippen LogP contribution in [0, 0.1) is 5.92 Å². The van der Waals surface area contributed by atoms with E-state index in [9.17, 15) is 9.90 Å². The van der Waals surface area contributed by atoms with Crippen molar-refractivity contribution in [2.24, 2.45) is 5.92 Å². The Labute approximate surface area is 118 Å². The predicted octanol–water partition coefficient (Wildman–Crippen LogP) is 1.79. The van der Waals surface area contributed by atoms with Crippen LogP contribution in [0.25, 0.3) is 0 Å². The van der Waals surface area contributed by atoms with E-state index in [2.05, 4.69) is 10.2 Å². The minimum absolute atomic E-state index is 0.0651. The monoisotopic (exact) mass is 282 g/mol. The molecule has 0 unspecified atom stereocenters. The van der Waals surface area contributed by atoms with Gasteiger partial charge in [0, 0.05) is 42.3 Å². The van der Waals surface area contributed by atoms with E-state index < -0.39 is 0 Å². The lowest BCUT2D eigenvalue weighted by Crippen LogP contribution is -2.39. The van der Waals surface area contributed by atoms with E-state index in [1.807, 2.05) is 12.1 Å². The minimum Gasteiger partial charge on any atom is -0.392 e. The number of nitrogens with zero attached hydrogens (tertiary/aromatic N) is 1. The second-order valence-corrected chi connectivity index (χ2v) is 5.18. The molecule has 0 aromatic heterocycles. The van der Waals surface area contributed by atoms with Gasteiger partial charge in [-0.3, -0.25) is 4.79 Å². The Morgan fingerprint density at radius 2 is 2.16 bits per heavy atom. The van der Waals surface area contributed by atoms with Crippen molar-refractivity contribution in [2.75, 3.05) is 25.0 Å². The first-order valence-electron chi connectivity index (χ1n) is 6.52. The molecular formula is C14H19ClN2O2. The van der Waals surface area contributed by atoms with Crippen LogP contribution in [0.5, 0.6) is 0 Å². The highest BCUT2D eigenvalue weighted by Gasteiger charge is 2.25. The summed E-state index contributed by atoms with van der Waals surface area (Å²) in [6, 6.07) is 5.65. The largest absolute Gasteiger partial charge is 0.392 e. The summed E-state index contributed by atoms with van der Waals surface area (Å²) in [6.45, 7) is 1.56. The fourth-order valence-corrected chi connectivity index (χ4v) is 2.82. The minimum atomic E-state index is -0.0651. The van der Waals surface area contributed by atoms with Crippen LogP contribution >= 0.6 is 11.6 Å². The lowest BCUT2D eigenvalue weighted by Gasteiger charge is -2.34. The first-order chi connectivity index (χ1) is 9.17. The van der Waals surface area contributed by atoms with Crippen molar-refractivity contribution in [3.63, 3.8) is 0 Å². The summed E-state index contributed by atoms with van der Waals surface area (Å²) in [5.41, 5.74) is 1.74. The quantitative estimate of drug-likeness (QED) is 0.889. The molecule has 104 valence electrons. The summed E-state index contributed by atoms with van der Waals surface area (Å²) in [4.78, 5) is 13.8. The Morgan fingerprint density at radius 1 is 1.47 bits per heavy atom. The number of nitrogens with one attached hydrogen (secondary N) is 1. The smallest absolute Gasteiger partial charge is 0.222 e. The standard InChI is InChI=1S/C14H19ClN2O2/c1-16-14(19)10-5-7-17(8-6-10)13-4-2-3-12(15)11(13)9-18/h2-4,10,18H,5-9H2,1H3,(H,16,19). The zero-order chi connectivity index (χ0) is 13.8. The van der Waals surface area contributed by atoms with E-state index in [0.717, 1.165) is 37.2 Å². The molecule has 1 amide bonds. The number of carbonyl (C=O) groups excluding carboxylic acids is 1. The highest BCUT2D eigenvalue weighted by molar-refractivity contribution is 6.31. The third kappa shape index (κ3) is 3.01. The lowest BCUT2D eigenvalue weighted by atomic mass is 9.95. The normalized spacial score (nSPS) is 16.5. The van der Waals surface area contributed by atoms with E-state index in [-0.39, 0.29) is 18.4 Å². The van der Waals surface area contributed by atoms with Crippen LogP contribution in [-0.4, -0.2) is 31.2 Å². The summed E-state index contributed by atoms with van der Waals surface area (Å²) in [5.74, 6) is 0.214. The molecule has 5 heteroatoms. The van der Waals surface area contributed by atoms with Gasteiger partial charge in [0.2, 0.25) is 5.91 Å². The van der Waals surface area contributed by atoms with Crippen molar-refractivity contribution >= 4 is 23.2 Å². The van der Waals surface area contributed by atoms with Gasteiger partial charge in [-0.15, -0.1) is 0 Å². The second kappa shape index (κ2) is 6.26. The van der Waals surface area contributed by atoms with Crippen LogP contribution in [0.1, 0.15) is 18.4 Å². The average Bonchev–Trinajstić information content (AvgIpc) is 2.46. The molecule has 1 aromatic rings. The maximum Gasteiger partial charge on any atom is 0.222 e. The van der Waals surface area contributed by atoms with Gasteiger partial charge in [0.15, 0.2) is 0 Å². The fraction of sp³-hybridized carbons (Fsp3) is 0.500. The van der Waals surface area contributed by atoms with E-state index >= 15 is 0 Å². The first-order valence-corrected chi connectivity index (χ1v) is 6.90. The maximum atomic E-state index is 11.6. The van der Waals surface area contributed by atoms with Gasteiger partial charge in [-0.1, -0.05) is 17.7 Å². The zero-order valence-corrected chi connectivity index (χ0v) is 11.8. The van der Waals surface area contributed by atoms with Gasteiger partial charge in [-0.05, 0) is 25.0 Å². The Hall–Kier alpha value is -1.26. The number of hydrogen-bond acceptors (Lipinski definition) is 3. The number of carbonyl (C=O) groups is 1. The van der Waals surface area contributed by atoms with E-state index in [4.69, 9.17) is 11.6 Å². The summed E-state index contributed by atoms with van der Waals surface area (Å²) < 4.78 is 0. The SMILES string of the molecule is CNC(=O)C1CCN(c2cccc(Cl)c2CO)CC1. The molecule has 0 radical (unpaired) electrons. The molecule has 1 aromatic carbocycles. The summed E-state index contributed by atoms with van der Waals surface area (Å²) in [5, 5.41) is 12.7. The molecule has 2 N–H and O–H groups in total. The summed E-state index contributed by atoms with van der Waals surface area (Å²) in [6.07, 6.45) is 1.66. The van der Waals surface area contributed by atoms with E-state index in [1.165, 1.54) is 0 Å². The maximum absolute atomic E-state index is 11.6. The molecule has 2 rings (SSSR count). The van der Waals surface area contributed by atoms with Crippen LogP contribution < -0.4 is 10.2 Å². The van der Waals surface area contributed by atoms with Crippen molar-refractivity contribution in [1.29, 1.82) is 0 Å². The van der Waals surface area contributed by atoms with Crippen molar-refractivity contribution in [1.82, 2.24) is 5.32 Å². The number of rotatable bonds is 3. The molecule has 0 saturated carbocycles. The number of benzene rings is 1. The number of piperidine rings is 1. The molecule has 1 aliphatic heterocycles. The molecule has 1 aliphatic rings. The third-order valence-corrected chi connectivity index (χ3v) is 4.06. The van der Waals surface area contributed by atoms with Gasteiger partial charge in [-0.25, -0.2) is 0 Å². The van der Waals surface area contributed by atoms with Crippen LogP contribution in [0.3, 0.4) is 0 Å². The molecule has 1 saturated heterocycles. The molecule has 0 atom stereocenters. The highest BCUT2D eigenvalue weighted by atomic mass is 35.5. The number of aliphatic hydroxyl groups excluding tert-OH is 1. The van der Waals surface area contributed by atoms with Crippen LogP contribution in [0.15, 0.2) is 18.2 Å². The fourth-order valence-electron chi connectivity index (χ4n) is 2.59. The molecule has 1 heterocycles. The first kappa shape index (κ1) is 14.2. The molecule has 0 aliphatic carbocycles. The van der Waals surface area contributed by atoms with E-state index in [1.54, 1.807) is 13.1 Å². The number of hydrogen-bond donors (Lipinski definition) is 2. The third-order valence-electron chi connectivity index (χ3n) is 3.71. The lowest BCUT2D eigenvalue weighted by molar-refractivity contribution is -0.125. The number of halogens is 1.